The third-order valence-corrected chi connectivity index (χ3v) is 9.90. The van der Waals surface area contributed by atoms with Gasteiger partial charge in [-0.15, -0.1) is 0 Å². The predicted octanol–water partition coefficient (Wildman–Crippen LogP) is 6.48. The highest BCUT2D eigenvalue weighted by Crippen LogP contribution is 2.66. The van der Waals surface area contributed by atoms with Gasteiger partial charge in [0, 0.05) is 24.7 Å². The highest BCUT2D eigenvalue weighted by Gasteiger charge is 2.61. The molecule has 0 unspecified atom stereocenters. The number of hydrogen-bond acceptors (Lipinski definition) is 3. The Bertz CT molecular complexity index is 627. The number of carbonyl (C=O) groups is 2. The average molecular weight is 403 g/mol. The summed E-state index contributed by atoms with van der Waals surface area (Å²) < 4.78 is 6.11. The molecule has 3 nitrogen and oxygen atoms in total. The minimum Gasteiger partial charge on any atom is -0.462 e. The van der Waals surface area contributed by atoms with Crippen molar-refractivity contribution in [2.45, 2.75) is 117 Å². The molecule has 0 N–H and O–H groups in total. The van der Waals surface area contributed by atoms with Crippen LogP contribution in [0.5, 0.6) is 0 Å². The number of Topliss-reactive ketones (excluding diaryl/α,β-unsaturated/α-hetero) is 1. The standard InChI is InChI=1S/C26H42O3/c1-4-5-6-7-8-24(28)29-23-12-11-21-20-10-9-18-17-19(27)13-15-25(18,2)22(20)14-16-26(21,23)3/h18,20-23H,4-17H2,1-3H3/t18-,20-,21-,22-,23+,25-,26-/m0/s1. The van der Waals surface area contributed by atoms with Crippen LogP contribution >= 0.6 is 0 Å². The van der Waals surface area contributed by atoms with Gasteiger partial charge in [0.15, 0.2) is 0 Å². The molecule has 0 radical (unpaired) electrons. The quantitative estimate of drug-likeness (QED) is 0.377. The lowest BCUT2D eigenvalue weighted by atomic mass is 9.45. The van der Waals surface area contributed by atoms with Crippen molar-refractivity contribution in [3.63, 3.8) is 0 Å². The molecule has 164 valence electrons. The summed E-state index contributed by atoms with van der Waals surface area (Å²) in [4.78, 5) is 24.5. The summed E-state index contributed by atoms with van der Waals surface area (Å²) in [6.45, 7) is 7.13. The van der Waals surface area contributed by atoms with Gasteiger partial charge in [-0.05, 0) is 80.5 Å². The Morgan fingerprint density at radius 3 is 2.55 bits per heavy atom. The molecule has 29 heavy (non-hydrogen) atoms. The molecule has 0 heterocycles. The summed E-state index contributed by atoms with van der Waals surface area (Å²) in [6, 6.07) is 0. The number of hydrogen-bond donors (Lipinski definition) is 0. The minimum absolute atomic E-state index is 0.0385. The lowest BCUT2D eigenvalue weighted by Crippen LogP contribution is -2.54. The van der Waals surface area contributed by atoms with Gasteiger partial charge < -0.3 is 4.74 Å². The van der Waals surface area contributed by atoms with E-state index in [2.05, 4.69) is 20.8 Å². The van der Waals surface area contributed by atoms with Gasteiger partial charge in [0.25, 0.3) is 0 Å². The summed E-state index contributed by atoms with van der Waals surface area (Å²) in [5.41, 5.74) is 0.542. The van der Waals surface area contributed by atoms with Crippen LogP contribution in [0.2, 0.25) is 0 Å². The maximum absolute atomic E-state index is 12.5. The third-order valence-electron chi connectivity index (χ3n) is 9.90. The van der Waals surface area contributed by atoms with E-state index in [9.17, 15) is 9.59 Å². The zero-order valence-electron chi connectivity index (χ0n) is 19.0. The van der Waals surface area contributed by atoms with E-state index >= 15 is 0 Å². The second-order valence-corrected chi connectivity index (χ2v) is 11.3. The molecule has 3 heteroatoms. The van der Waals surface area contributed by atoms with Crippen LogP contribution < -0.4 is 0 Å². The van der Waals surface area contributed by atoms with Crippen LogP contribution in [0.25, 0.3) is 0 Å². The molecule has 0 aromatic heterocycles. The molecule has 0 saturated heterocycles. The summed E-state index contributed by atoms with van der Waals surface area (Å²) in [7, 11) is 0. The zero-order valence-corrected chi connectivity index (χ0v) is 19.0. The van der Waals surface area contributed by atoms with E-state index < -0.39 is 0 Å². The van der Waals surface area contributed by atoms with E-state index in [4.69, 9.17) is 4.74 Å². The van der Waals surface area contributed by atoms with E-state index in [1.807, 2.05) is 0 Å². The molecule has 4 saturated carbocycles. The van der Waals surface area contributed by atoms with Crippen LogP contribution in [-0.4, -0.2) is 17.9 Å². The fourth-order valence-corrected chi connectivity index (χ4v) is 8.10. The van der Waals surface area contributed by atoms with Crippen molar-refractivity contribution in [2.24, 2.45) is 34.5 Å². The average Bonchev–Trinajstić information content (AvgIpc) is 3.02. The maximum Gasteiger partial charge on any atom is 0.306 e. The molecule has 0 aromatic rings. The van der Waals surface area contributed by atoms with Gasteiger partial charge in [0.1, 0.15) is 11.9 Å². The minimum atomic E-state index is 0.0385. The van der Waals surface area contributed by atoms with Gasteiger partial charge in [-0.2, -0.15) is 0 Å². The highest BCUT2D eigenvalue weighted by atomic mass is 16.5. The first kappa shape index (κ1) is 21.4. The number of ketones is 1. The Morgan fingerprint density at radius 1 is 0.966 bits per heavy atom. The lowest BCUT2D eigenvalue weighted by Gasteiger charge is -2.60. The Hall–Kier alpha value is -0.860. The van der Waals surface area contributed by atoms with Crippen LogP contribution in [0.4, 0.5) is 0 Å². The van der Waals surface area contributed by atoms with Crippen molar-refractivity contribution in [1.29, 1.82) is 0 Å². The van der Waals surface area contributed by atoms with Crippen LogP contribution in [0.1, 0.15) is 111 Å². The van der Waals surface area contributed by atoms with E-state index in [1.165, 1.54) is 44.9 Å². The molecular formula is C26H42O3. The first-order valence-electron chi connectivity index (χ1n) is 12.6. The number of rotatable bonds is 6. The normalized spacial score (nSPS) is 44.0. The van der Waals surface area contributed by atoms with E-state index in [0.717, 1.165) is 50.4 Å². The Labute approximate surface area is 177 Å². The van der Waals surface area contributed by atoms with Gasteiger partial charge >= 0.3 is 5.97 Å². The number of esters is 1. The van der Waals surface area contributed by atoms with Crippen molar-refractivity contribution < 1.29 is 14.3 Å². The van der Waals surface area contributed by atoms with Gasteiger partial charge in [-0.3, -0.25) is 9.59 Å². The number of fused-ring (bicyclic) bond motifs is 5. The topological polar surface area (TPSA) is 43.4 Å². The molecule has 4 fully saturated rings. The second-order valence-electron chi connectivity index (χ2n) is 11.3. The largest absolute Gasteiger partial charge is 0.462 e. The van der Waals surface area contributed by atoms with Gasteiger partial charge in [0.2, 0.25) is 0 Å². The van der Waals surface area contributed by atoms with Crippen molar-refractivity contribution in [1.82, 2.24) is 0 Å². The summed E-state index contributed by atoms with van der Waals surface area (Å²) in [5.74, 6) is 3.41. The molecule has 0 aromatic carbocycles. The van der Waals surface area contributed by atoms with Crippen LogP contribution in [0, 0.1) is 34.5 Å². The first-order chi connectivity index (χ1) is 13.9. The second kappa shape index (κ2) is 8.35. The Morgan fingerprint density at radius 2 is 1.76 bits per heavy atom. The van der Waals surface area contributed by atoms with Crippen LogP contribution in [0.15, 0.2) is 0 Å². The molecule has 4 aliphatic carbocycles. The van der Waals surface area contributed by atoms with E-state index in [1.54, 1.807) is 0 Å². The van der Waals surface area contributed by atoms with Crippen molar-refractivity contribution in [3.8, 4) is 0 Å². The van der Waals surface area contributed by atoms with Crippen molar-refractivity contribution in [2.75, 3.05) is 0 Å². The van der Waals surface area contributed by atoms with Gasteiger partial charge in [-0.25, -0.2) is 0 Å². The van der Waals surface area contributed by atoms with Crippen LogP contribution in [-0.2, 0) is 14.3 Å². The molecular weight excluding hydrogens is 360 g/mol. The molecule has 7 atom stereocenters. The highest BCUT2D eigenvalue weighted by molar-refractivity contribution is 5.79. The summed E-state index contributed by atoms with van der Waals surface area (Å²) in [6.07, 6.45) is 15.3. The number of carbonyl (C=O) groups excluding carboxylic acids is 2. The fraction of sp³-hybridized carbons (Fsp3) is 0.923. The van der Waals surface area contributed by atoms with E-state index in [0.29, 0.717) is 29.5 Å². The van der Waals surface area contributed by atoms with Gasteiger partial charge in [-0.1, -0.05) is 40.0 Å². The molecule has 0 aliphatic heterocycles. The zero-order chi connectivity index (χ0) is 20.6. The summed E-state index contributed by atoms with van der Waals surface area (Å²) in [5, 5.41) is 0. The fourth-order valence-electron chi connectivity index (χ4n) is 8.10. The summed E-state index contributed by atoms with van der Waals surface area (Å²) >= 11 is 0. The third kappa shape index (κ3) is 3.81. The lowest BCUT2D eigenvalue weighted by molar-refractivity contribution is -0.164. The van der Waals surface area contributed by atoms with Crippen molar-refractivity contribution >= 4 is 11.8 Å². The maximum atomic E-state index is 12.5. The molecule has 0 amide bonds. The van der Waals surface area contributed by atoms with Gasteiger partial charge in [0.05, 0.1) is 0 Å². The molecule has 4 rings (SSSR count). The number of ether oxygens (including phenoxy) is 1. The predicted molar refractivity (Wildman–Crippen MR) is 115 cm³/mol. The SMILES string of the molecule is CCCCCCC(=O)O[C@@H]1CC[C@H]2[C@@H]3CC[C@H]4CC(=O)CC[C@]4(C)[C@H]3CC[C@]12C. The molecule has 4 aliphatic rings. The first-order valence-corrected chi connectivity index (χ1v) is 12.6. The van der Waals surface area contributed by atoms with Crippen molar-refractivity contribution in [3.05, 3.63) is 0 Å². The van der Waals surface area contributed by atoms with Crippen LogP contribution in [0.3, 0.4) is 0 Å². The smallest absolute Gasteiger partial charge is 0.306 e. The Balaban J connectivity index is 1.41. The molecule has 0 spiro atoms. The number of unbranched alkanes of at least 4 members (excludes halogenated alkanes) is 3. The molecule has 0 bridgehead atoms. The Kier molecular flexibility index (Phi) is 6.15. The van der Waals surface area contributed by atoms with E-state index in [-0.39, 0.29) is 17.5 Å². The monoisotopic (exact) mass is 402 g/mol.